The van der Waals surface area contributed by atoms with Crippen molar-refractivity contribution in [2.75, 3.05) is 0 Å². The summed E-state index contributed by atoms with van der Waals surface area (Å²) in [6, 6.07) is 6.22. The van der Waals surface area contributed by atoms with Gasteiger partial charge in [0.2, 0.25) is 0 Å². The zero-order valence-corrected chi connectivity index (χ0v) is 7.20. The highest BCUT2D eigenvalue weighted by atomic mass is 79.9. The van der Waals surface area contributed by atoms with Crippen LogP contribution in [0.3, 0.4) is 0 Å². The fourth-order valence-corrected chi connectivity index (χ4v) is 1.18. The van der Waals surface area contributed by atoms with Crippen LogP contribution in [0, 0.1) is 13.8 Å². The largest absolute Gasteiger partial charge is 0.0609 e. The fourth-order valence-electron chi connectivity index (χ4n) is 0.715. The Morgan fingerprint density at radius 3 is 2.33 bits per heavy atom. The van der Waals surface area contributed by atoms with Crippen molar-refractivity contribution in [2.24, 2.45) is 0 Å². The van der Waals surface area contributed by atoms with Crippen molar-refractivity contribution >= 4 is 15.9 Å². The second-order valence-corrected chi connectivity index (χ2v) is 3.04. The highest BCUT2D eigenvalue weighted by Crippen LogP contribution is 2.17. The molecule has 0 saturated carbocycles. The first kappa shape index (κ1) is 6.81. The Hall–Kier alpha value is -0.300. The van der Waals surface area contributed by atoms with Crippen molar-refractivity contribution in [3.05, 3.63) is 33.8 Å². The van der Waals surface area contributed by atoms with Gasteiger partial charge in [-0.3, -0.25) is 0 Å². The summed E-state index contributed by atoms with van der Waals surface area (Å²) in [4.78, 5) is 0. The minimum Gasteiger partial charge on any atom is -0.0609 e. The maximum absolute atomic E-state index is 3.45. The van der Waals surface area contributed by atoms with E-state index in [1.807, 2.05) is 6.07 Å². The van der Waals surface area contributed by atoms with Gasteiger partial charge in [0.1, 0.15) is 0 Å². The van der Waals surface area contributed by atoms with Crippen LogP contribution in [-0.2, 0) is 0 Å². The predicted octanol–water partition coefficient (Wildman–Crippen LogP) is 3.07. The summed E-state index contributed by atoms with van der Waals surface area (Å²) in [5, 5.41) is 0. The van der Waals surface area contributed by atoms with E-state index in [-0.39, 0.29) is 0 Å². The quantitative estimate of drug-likeness (QED) is 0.582. The van der Waals surface area contributed by atoms with Crippen molar-refractivity contribution in [3.8, 4) is 0 Å². The van der Waals surface area contributed by atoms with Crippen molar-refractivity contribution in [1.29, 1.82) is 0 Å². The summed E-state index contributed by atoms with van der Waals surface area (Å²) in [5.74, 6) is 0. The molecule has 0 N–H and O–H groups in total. The molecule has 48 valence electrons. The van der Waals surface area contributed by atoms with Gasteiger partial charge in [0.25, 0.3) is 0 Å². The van der Waals surface area contributed by atoms with E-state index in [1.165, 1.54) is 15.6 Å². The van der Waals surface area contributed by atoms with E-state index in [9.17, 15) is 0 Å². The van der Waals surface area contributed by atoms with Gasteiger partial charge in [-0.2, -0.15) is 0 Å². The van der Waals surface area contributed by atoms with Crippen LogP contribution in [0.15, 0.2) is 22.7 Å². The number of halogens is 1. The maximum Gasteiger partial charge on any atom is 0.0207 e. The Morgan fingerprint density at radius 2 is 1.89 bits per heavy atom. The van der Waals surface area contributed by atoms with Crippen molar-refractivity contribution in [2.45, 2.75) is 13.8 Å². The molecule has 0 aliphatic rings. The zero-order chi connectivity index (χ0) is 6.85. The van der Waals surface area contributed by atoms with Gasteiger partial charge in [-0.15, -0.1) is 0 Å². The normalized spacial score (nSPS) is 9.67. The maximum atomic E-state index is 3.45. The average Bonchev–Trinajstić information content (AvgIpc) is 1.83. The molecular weight excluding hydrogens is 176 g/mol. The van der Waals surface area contributed by atoms with E-state index in [0.717, 1.165) is 0 Å². The van der Waals surface area contributed by atoms with Crippen LogP contribution in [0.5, 0.6) is 0 Å². The summed E-state index contributed by atoms with van der Waals surface area (Å²) in [5.41, 5.74) is 2.67. The Bertz CT molecular complexity index is 196. The third-order valence-electron chi connectivity index (χ3n) is 1.54. The Labute approximate surface area is 64.0 Å². The highest BCUT2D eigenvalue weighted by molar-refractivity contribution is 9.10. The van der Waals surface area contributed by atoms with E-state index in [2.05, 4.69) is 41.9 Å². The topological polar surface area (TPSA) is 0 Å². The van der Waals surface area contributed by atoms with Crippen molar-refractivity contribution < 1.29 is 0 Å². The summed E-state index contributed by atoms with van der Waals surface area (Å²) in [6.07, 6.45) is 0. The van der Waals surface area contributed by atoms with Crippen LogP contribution >= 0.6 is 15.9 Å². The van der Waals surface area contributed by atoms with E-state index in [4.69, 9.17) is 0 Å². The minimum absolute atomic E-state index is 1.20. The standard InChI is InChI=1S/C8H9Br/c1-6-4-3-5-8(9)7(6)2/h3-5H,1-2H3. The number of hydrogen-bond acceptors (Lipinski definition) is 0. The molecule has 0 fully saturated rings. The summed E-state index contributed by atoms with van der Waals surface area (Å²) >= 11 is 3.45. The van der Waals surface area contributed by atoms with Gasteiger partial charge >= 0.3 is 0 Å². The predicted molar refractivity (Wildman–Crippen MR) is 43.6 cm³/mol. The first-order valence-electron chi connectivity index (χ1n) is 2.93. The van der Waals surface area contributed by atoms with Gasteiger partial charge in [0.05, 0.1) is 0 Å². The first-order valence-corrected chi connectivity index (χ1v) is 3.73. The van der Waals surface area contributed by atoms with E-state index in [0.29, 0.717) is 0 Å². The first-order chi connectivity index (χ1) is 4.22. The Morgan fingerprint density at radius 1 is 1.22 bits per heavy atom. The number of aryl methyl sites for hydroxylation is 1. The molecule has 0 atom stereocenters. The number of benzene rings is 1. The SMILES string of the molecule is Cc1cccc(Br)c1C. The number of hydrogen-bond donors (Lipinski definition) is 0. The minimum atomic E-state index is 1.20. The van der Waals surface area contributed by atoms with Gasteiger partial charge in [-0.25, -0.2) is 0 Å². The third kappa shape index (κ3) is 1.33. The van der Waals surface area contributed by atoms with Crippen molar-refractivity contribution in [3.63, 3.8) is 0 Å². The smallest absolute Gasteiger partial charge is 0.0207 e. The molecule has 0 nitrogen and oxygen atoms in total. The molecule has 0 spiro atoms. The lowest BCUT2D eigenvalue weighted by Crippen LogP contribution is -1.79. The van der Waals surface area contributed by atoms with Gasteiger partial charge in [0.15, 0.2) is 0 Å². The van der Waals surface area contributed by atoms with E-state index in [1.54, 1.807) is 0 Å². The molecule has 1 aromatic carbocycles. The van der Waals surface area contributed by atoms with E-state index < -0.39 is 0 Å². The summed E-state index contributed by atoms with van der Waals surface area (Å²) in [7, 11) is 0. The average molecular weight is 185 g/mol. The fraction of sp³-hybridized carbons (Fsp3) is 0.250. The van der Waals surface area contributed by atoms with Crippen LogP contribution < -0.4 is 0 Å². The van der Waals surface area contributed by atoms with Crippen molar-refractivity contribution in [1.82, 2.24) is 0 Å². The molecule has 0 aliphatic heterocycles. The van der Waals surface area contributed by atoms with Gasteiger partial charge in [-0.05, 0) is 31.0 Å². The molecule has 0 saturated heterocycles. The molecule has 1 rings (SSSR count). The molecule has 0 unspecified atom stereocenters. The molecule has 1 heteroatoms. The lowest BCUT2D eigenvalue weighted by atomic mass is 10.1. The molecule has 0 aromatic heterocycles. The second-order valence-electron chi connectivity index (χ2n) is 2.18. The molecule has 0 aliphatic carbocycles. The molecule has 0 bridgehead atoms. The molecule has 9 heavy (non-hydrogen) atoms. The molecule has 0 radical (unpaired) electrons. The van der Waals surface area contributed by atoms with Crippen LogP contribution in [0.4, 0.5) is 0 Å². The molecule has 1 aromatic rings. The third-order valence-corrected chi connectivity index (χ3v) is 2.40. The lowest BCUT2D eigenvalue weighted by molar-refractivity contribution is 1.32. The summed E-state index contributed by atoms with van der Waals surface area (Å²) in [6.45, 7) is 4.22. The second kappa shape index (κ2) is 2.53. The molecular formula is C8H9Br. The van der Waals surface area contributed by atoms with Gasteiger partial charge in [-0.1, -0.05) is 28.1 Å². The Kier molecular flexibility index (Phi) is 1.91. The van der Waals surface area contributed by atoms with Gasteiger partial charge < -0.3 is 0 Å². The monoisotopic (exact) mass is 184 g/mol. The zero-order valence-electron chi connectivity index (χ0n) is 5.61. The molecule has 0 amide bonds. The van der Waals surface area contributed by atoms with Crippen LogP contribution in [0.2, 0.25) is 0 Å². The molecule has 0 heterocycles. The lowest BCUT2D eigenvalue weighted by Gasteiger charge is -1.99. The van der Waals surface area contributed by atoms with Crippen LogP contribution in [0.1, 0.15) is 11.1 Å². The van der Waals surface area contributed by atoms with Crippen LogP contribution in [-0.4, -0.2) is 0 Å². The van der Waals surface area contributed by atoms with Crippen LogP contribution in [0.25, 0.3) is 0 Å². The number of rotatable bonds is 0. The Balaban J connectivity index is 3.25. The summed E-state index contributed by atoms with van der Waals surface area (Å²) < 4.78 is 1.20. The van der Waals surface area contributed by atoms with E-state index >= 15 is 0 Å². The van der Waals surface area contributed by atoms with Gasteiger partial charge in [0, 0.05) is 4.47 Å². The highest BCUT2D eigenvalue weighted by Gasteiger charge is 1.93.